The van der Waals surface area contributed by atoms with Crippen molar-refractivity contribution in [2.45, 2.75) is 26.3 Å². The first-order valence-corrected chi connectivity index (χ1v) is 8.85. The van der Waals surface area contributed by atoms with Crippen LogP contribution in [-0.4, -0.2) is 53.1 Å². The van der Waals surface area contributed by atoms with Gasteiger partial charge in [0.2, 0.25) is 6.43 Å². The van der Waals surface area contributed by atoms with E-state index in [1.807, 2.05) is 25.9 Å². The van der Waals surface area contributed by atoms with Gasteiger partial charge in [0.15, 0.2) is 0 Å². The number of alkyl halides is 2. The number of hydrogen-bond donors (Lipinski definition) is 1. The number of nitrogens with zero attached hydrogens (tertiary/aromatic N) is 5. The number of nitrogens with two attached hydrogens (primary N) is 1. The second-order valence-electron chi connectivity index (χ2n) is 6.77. The average molecular weight is 404 g/mol. The summed E-state index contributed by atoms with van der Waals surface area (Å²) in [5, 5.41) is 0. The van der Waals surface area contributed by atoms with Crippen molar-refractivity contribution in [2.24, 2.45) is 5.73 Å². The lowest BCUT2D eigenvalue weighted by Gasteiger charge is -2.17. The highest BCUT2D eigenvalue weighted by Crippen LogP contribution is 2.30. The van der Waals surface area contributed by atoms with Gasteiger partial charge in [-0.25, -0.2) is 23.7 Å². The van der Waals surface area contributed by atoms with E-state index < -0.39 is 18.8 Å². The molecule has 2 N–H and O–H groups in total. The Morgan fingerprint density at radius 2 is 2.03 bits per heavy atom. The van der Waals surface area contributed by atoms with Gasteiger partial charge in [0.05, 0.1) is 36.6 Å². The van der Waals surface area contributed by atoms with Crippen molar-refractivity contribution in [3.05, 3.63) is 41.1 Å². The van der Waals surface area contributed by atoms with E-state index >= 15 is 0 Å². The maximum Gasteiger partial charge on any atom is 0.252 e. The molecule has 10 heteroatoms. The van der Waals surface area contributed by atoms with Crippen molar-refractivity contribution >= 4 is 22.8 Å². The molecule has 0 fully saturated rings. The second kappa shape index (κ2) is 7.98. The van der Waals surface area contributed by atoms with Gasteiger partial charge < -0.3 is 19.9 Å². The van der Waals surface area contributed by atoms with Crippen LogP contribution in [0.5, 0.6) is 5.75 Å². The number of carbonyl (C=O) groups is 1. The van der Waals surface area contributed by atoms with Crippen LogP contribution in [0.2, 0.25) is 0 Å². The number of primary amides is 1. The molecule has 0 atom stereocenters. The number of rotatable bonds is 7. The third kappa shape index (κ3) is 3.82. The van der Waals surface area contributed by atoms with E-state index in [2.05, 4.69) is 15.0 Å². The zero-order valence-corrected chi connectivity index (χ0v) is 16.6. The molecular weight excluding hydrogens is 382 g/mol. The second-order valence-corrected chi connectivity index (χ2v) is 6.77. The van der Waals surface area contributed by atoms with Crippen molar-refractivity contribution in [2.75, 3.05) is 26.1 Å². The molecule has 0 aliphatic heterocycles. The van der Waals surface area contributed by atoms with Gasteiger partial charge in [-0.15, -0.1) is 0 Å². The van der Waals surface area contributed by atoms with E-state index in [1.165, 1.54) is 19.6 Å². The number of methoxy groups -OCH3 is 1. The molecule has 1 amide bonds. The number of halogens is 2. The smallest absolute Gasteiger partial charge is 0.252 e. The first-order chi connectivity index (χ1) is 13.7. The first kappa shape index (κ1) is 20.4. The van der Waals surface area contributed by atoms with Gasteiger partial charge in [0.1, 0.15) is 23.4 Å². The summed E-state index contributed by atoms with van der Waals surface area (Å²) >= 11 is 0. The molecule has 0 spiro atoms. The minimum Gasteiger partial charge on any atom is -0.495 e. The molecule has 3 aromatic heterocycles. The fourth-order valence-corrected chi connectivity index (χ4v) is 3.40. The summed E-state index contributed by atoms with van der Waals surface area (Å²) in [6.45, 7) is 2.01. The summed E-state index contributed by atoms with van der Waals surface area (Å²) in [4.78, 5) is 26.8. The number of carbonyl (C=O) groups excluding carboxylic acids is 1. The van der Waals surface area contributed by atoms with Gasteiger partial charge in [-0.3, -0.25) is 4.79 Å². The number of ether oxygens (including phenoxy) is 1. The standard InChI is InChI=1S/C19H22F2N6O2/c1-10-12(24-9-25-19(10)26(2)3)8-27-13(6-15(20)21)16(18(22)28)17-14(27)5-11(29-4)7-23-17/h5,7,9,15H,6,8H2,1-4H3,(H2,22,28). The van der Waals surface area contributed by atoms with Crippen molar-refractivity contribution in [1.82, 2.24) is 19.5 Å². The van der Waals surface area contributed by atoms with Crippen molar-refractivity contribution < 1.29 is 18.3 Å². The van der Waals surface area contributed by atoms with E-state index in [9.17, 15) is 13.6 Å². The van der Waals surface area contributed by atoms with Crippen molar-refractivity contribution in [1.29, 1.82) is 0 Å². The lowest BCUT2D eigenvalue weighted by Crippen LogP contribution is -2.18. The number of aromatic nitrogens is 4. The van der Waals surface area contributed by atoms with Crippen LogP contribution in [-0.2, 0) is 13.0 Å². The molecule has 0 aromatic carbocycles. The summed E-state index contributed by atoms with van der Waals surface area (Å²) in [5.41, 5.74) is 7.80. The van der Waals surface area contributed by atoms with Gasteiger partial charge >= 0.3 is 0 Å². The molecular formula is C19H22F2N6O2. The molecule has 0 aliphatic rings. The van der Waals surface area contributed by atoms with Gasteiger partial charge in [0, 0.05) is 37.8 Å². The summed E-state index contributed by atoms with van der Waals surface area (Å²) in [6, 6.07) is 1.65. The van der Waals surface area contributed by atoms with Crippen LogP contribution in [0.3, 0.4) is 0 Å². The highest BCUT2D eigenvalue weighted by Gasteiger charge is 2.26. The van der Waals surface area contributed by atoms with Crippen molar-refractivity contribution in [3.8, 4) is 5.75 Å². The number of anilines is 1. The maximum atomic E-state index is 13.4. The fourth-order valence-electron chi connectivity index (χ4n) is 3.40. The minimum absolute atomic E-state index is 0.0116. The lowest BCUT2D eigenvalue weighted by atomic mass is 10.1. The van der Waals surface area contributed by atoms with Crippen LogP contribution in [0.1, 0.15) is 27.3 Å². The predicted octanol–water partition coefficient (Wildman–Crippen LogP) is 2.16. The summed E-state index contributed by atoms with van der Waals surface area (Å²) in [6.07, 6.45) is -0.460. The normalized spacial score (nSPS) is 11.3. The lowest BCUT2D eigenvalue weighted by molar-refractivity contribution is 0.0998. The van der Waals surface area contributed by atoms with Crippen LogP contribution >= 0.6 is 0 Å². The molecule has 3 heterocycles. The monoisotopic (exact) mass is 404 g/mol. The van der Waals surface area contributed by atoms with Crippen LogP contribution < -0.4 is 15.4 Å². The SMILES string of the molecule is COc1cnc2c(C(N)=O)c(CC(F)F)n(Cc3ncnc(N(C)C)c3C)c2c1. The largest absolute Gasteiger partial charge is 0.495 e. The molecule has 154 valence electrons. The van der Waals surface area contributed by atoms with Crippen LogP contribution in [0.15, 0.2) is 18.6 Å². The molecule has 0 unspecified atom stereocenters. The van der Waals surface area contributed by atoms with Crippen LogP contribution in [0, 0.1) is 6.92 Å². The molecule has 29 heavy (non-hydrogen) atoms. The number of hydrogen-bond acceptors (Lipinski definition) is 6. The first-order valence-electron chi connectivity index (χ1n) is 8.85. The molecule has 0 bridgehead atoms. The Morgan fingerprint density at radius 3 is 2.62 bits per heavy atom. The maximum absolute atomic E-state index is 13.4. The Kier molecular flexibility index (Phi) is 5.62. The predicted molar refractivity (Wildman–Crippen MR) is 105 cm³/mol. The van der Waals surface area contributed by atoms with E-state index in [0.29, 0.717) is 22.8 Å². The topological polar surface area (TPSA) is 99.2 Å². The Bertz CT molecular complexity index is 1060. The van der Waals surface area contributed by atoms with E-state index in [1.54, 1.807) is 10.6 Å². The van der Waals surface area contributed by atoms with E-state index in [-0.39, 0.29) is 23.3 Å². The van der Waals surface area contributed by atoms with Gasteiger partial charge in [-0.1, -0.05) is 0 Å². The van der Waals surface area contributed by atoms with E-state index in [4.69, 9.17) is 10.5 Å². The average Bonchev–Trinajstić information content (AvgIpc) is 2.95. The van der Waals surface area contributed by atoms with Crippen molar-refractivity contribution in [3.63, 3.8) is 0 Å². The molecule has 0 aliphatic carbocycles. The Hall–Kier alpha value is -3.30. The van der Waals surface area contributed by atoms with Gasteiger partial charge in [-0.05, 0) is 6.92 Å². The van der Waals surface area contributed by atoms with Gasteiger partial charge in [-0.2, -0.15) is 0 Å². The zero-order valence-electron chi connectivity index (χ0n) is 16.6. The number of pyridine rings is 1. The third-order valence-corrected chi connectivity index (χ3v) is 4.71. The van der Waals surface area contributed by atoms with Crippen LogP contribution in [0.25, 0.3) is 11.0 Å². The van der Waals surface area contributed by atoms with Gasteiger partial charge in [0.25, 0.3) is 5.91 Å². The number of amides is 1. The fraction of sp³-hybridized carbons (Fsp3) is 0.368. The highest BCUT2D eigenvalue weighted by molar-refractivity contribution is 6.06. The highest BCUT2D eigenvalue weighted by atomic mass is 19.3. The Balaban J connectivity index is 2.27. The molecule has 8 nitrogen and oxygen atoms in total. The summed E-state index contributed by atoms with van der Waals surface area (Å²) in [5.74, 6) is 0.340. The molecule has 0 radical (unpaired) electrons. The summed E-state index contributed by atoms with van der Waals surface area (Å²) in [7, 11) is 5.18. The van der Waals surface area contributed by atoms with Crippen LogP contribution in [0.4, 0.5) is 14.6 Å². The Labute approximate surface area is 166 Å². The molecule has 0 saturated heterocycles. The molecule has 3 aromatic rings. The number of fused-ring (bicyclic) bond motifs is 1. The minimum atomic E-state index is -2.66. The zero-order chi connectivity index (χ0) is 21.3. The molecule has 0 saturated carbocycles. The summed E-state index contributed by atoms with van der Waals surface area (Å²) < 4.78 is 33.5. The Morgan fingerprint density at radius 1 is 1.31 bits per heavy atom. The quantitative estimate of drug-likeness (QED) is 0.648. The third-order valence-electron chi connectivity index (χ3n) is 4.71. The van der Waals surface area contributed by atoms with E-state index in [0.717, 1.165) is 5.56 Å². The molecule has 3 rings (SSSR count).